The van der Waals surface area contributed by atoms with Crippen molar-refractivity contribution in [1.29, 1.82) is 0 Å². The van der Waals surface area contributed by atoms with Crippen molar-refractivity contribution in [2.75, 3.05) is 11.1 Å². The van der Waals surface area contributed by atoms with Crippen molar-refractivity contribution in [1.82, 2.24) is 10.2 Å². The van der Waals surface area contributed by atoms with E-state index < -0.39 is 4.92 Å². The Morgan fingerprint density at radius 2 is 2.05 bits per heavy atom. The SMILES string of the molecule is Nc1[nH]nc2c1C(c1ccc([N+](=O)[O-])cc1)CC(=O)N2. The van der Waals surface area contributed by atoms with Crippen LogP contribution in [0.3, 0.4) is 0 Å². The molecular weight excluding hydrogens is 262 g/mol. The van der Waals surface area contributed by atoms with Crippen molar-refractivity contribution in [2.45, 2.75) is 12.3 Å². The van der Waals surface area contributed by atoms with Crippen LogP contribution in [0.4, 0.5) is 17.3 Å². The molecule has 4 N–H and O–H groups in total. The summed E-state index contributed by atoms with van der Waals surface area (Å²) in [5, 5.41) is 19.9. The third-order valence-electron chi connectivity index (χ3n) is 3.34. The minimum Gasteiger partial charge on any atom is -0.384 e. The number of nitrogens with one attached hydrogen (secondary N) is 2. The number of aromatic nitrogens is 2. The van der Waals surface area contributed by atoms with E-state index in [4.69, 9.17) is 5.73 Å². The third kappa shape index (κ3) is 1.87. The number of fused-ring (bicyclic) bond motifs is 1. The molecule has 0 fully saturated rings. The largest absolute Gasteiger partial charge is 0.384 e. The highest BCUT2D eigenvalue weighted by molar-refractivity contribution is 5.95. The van der Waals surface area contributed by atoms with E-state index in [1.54, 1.807) is 12.1 Å². The second-order valence-corrected chi connectivity index (χ2v) is 4.55. The number of anilines is 2. The summed E-state index contributed by atoms with van der Waals surface area (Å²) in [6.45, 7) is 0. The van der Waals surface area contributed by atoms with Crippen LogP contribution in [-0.2, 0) is 4.79 Å². The Kier molecular flexibility index (Phi) is 2.63. The van der Waals surface area contributed by atoms with Gasteiger partial charge in [-0.3, -0.25) is 20.0 Å². The van der Waals surface area contributed by atoms with Crippen molar-refractivity contribution in [3.8, 4) is 0 Å². The average Bonchev–Trinajstić information content (AvgIpc) is 2.79. The number of H-pyrrole nitrogens is 1. The fourth-order valence-electron chi connectivity index (χ4n) is 2.40. The number of nitro groups is 1. The molecule has 0 radical (unpaired) electrons. The van der Waals surface area contributed by atoms with Crippen LogP contribution < -0.4 is 11.1 Å². The molecule has 102 valence electrons. The molecule has 2 heterocycles. The number of aromatic amines is 1. The molecule has 0 spiro atoms. The summed E-state index contributed by atoms with van der Waals surface area (Å²) in [5.41, 5.74) is 7.36. The maximum absolute atomic E-state index is 11.7. The van der Waals surface area contributed by atoms with E-state index in [-0.39, 0.29) is 23.9 Å². The molecule has 8 nitrogen and oxygen atoms in total. The van der Waals surface area contributed by atoms with Gasteiger partial charge in [0.15, 0.2) is 5.82 Å². The van der Waals surface area contributed by atoms with Crippen LogP contribution in [-0.4, -0.2) is 21.0 Å². The number of hydrogen-bond acceptors (Lipinski definition) is 5. The van der Waals surface area contributed by atoms with Gasteiger partial charge < -0.3 is 11.1 Å². The number of nitrogens with zero attached hydrogens (tertiary/aromatic N) is 2. The van der Waals surface area contributed by atoms with E-state index in [1.807, 2.05) is 0 Å². The van der Waals surface area contributed by atoms with Crippen LogP contribution in [0.5, 0.6) is 0 Å². The number of hydrogen-bond donors (Lipinski definition) is 3. The maximum Gasteiger partial charge on any atom is 0.269 e. The quantitative estimate of drug-likeness (QED) is 0.562. The number of nitro benzene ring substituents is 1. The Morgan fingerprint density at radius 1 is 1.35 bits per heavy atom. The summed E-state index contributed by atoms with van der Waals surface area (Å²) in [5.74, 6) is 0.399. The number of non-ortho nitro benzene ring substituents is 1. The normalized spacial score (nSPS) is 17.4. The van der Waals surface area contributed by atoms with E-state index in [0.717, 1.165) is 11.1 Å². The first-order valence-corrected chi connectivity index (χ1v) is 5.94. The van der Waals surface area contributed by atoms with Crippen molar-refractivity contribution >= 4 is 23.2 Å². The number of carbonyl (C=O) groups excluding carboxylic acids is 1. The molecule has 0 bridgehead atoms. The Morgan fingerprint density at radius 3 is 2.70 bits per heavy atom. The molecule has 2 aromatic rings. The second-order valence-electron chi connectivity index (χ2n) is 4.55. The smallest absolute Gasteiger partial charge is 0.269 e. The highest BCUT2D eigenvalue weighted by atomic mass is 16.6. The predicted molar refractivity (Wildman–Crippen MR) is 71.2 cm³/mol. The maximum atomic E-state index is 11.7. The van der Waals surface area contributed by atoms with E-state index in [9.17, 15) is 14.9 Å². The van der Waals surface area contributed by atoms with Gasteiger partial charge in [-0.25, -0.2) is 0 Å². The minimum absolute atomic E-state index is 0.00870. The molecule has 1 aromatic carbocycles. The molecule has 0 saturated carbocycles. The molecule has 1 unspecified atom stereocenters. The number of nitrogens with two attached hydrogens (primary N) is 1. The minimum atomic E-state index is -0.463. The summed E-state index contributed by atoms with van der Waals surface area (Å²) in [6, 6.07) is 6.10. The van der Waals surface area contributed by atoms with Gasteiger partial charge in [-0.2, -0.15) is 5.10 Å². The molecule has 0 saturated heterocycles. The number of amides is 1. The molecule has 20 heavy (non-hydrogen) atoms. The fourth-order valence-corrected chi connectivity index (χ4v) is 2.40. The number of rotatable bonds is 2. The van der Waals surface area contributed by atoms with E-state index >= 15 is 0 Å². The van der Waals surface area contributed by atoms with Crippen LogP contribution in [0.1, 0.15) is 23.5 Å². The summed E-state index contributed by atoms with van der Waals surface area (Å²) < 4.78 is 0. The number of nitrogen functional groups attached to an aromatic ring is 1. The summed E-state index contributed by atoms with van der Waals surface area (Å²) in [4.78, 5) is 21.9. The van der Waals surface area contributed by atoms with E-state index in [1.165, 1.54) is 12.1 Å². The highest BCUT2D eigenvalue weighted by Crippen LogP contribution is 2.39. The van der Waals surface area contributed by atoms with Gasteiger partial charge >= 0.3 is 0 Å². The molecule has 1 aliphatic heterocycles. The molecule has 0 aliphatic carbocycles. The molecule has 1 atom stereocenters. The molecule has 1 amide bonds. The number of benzene rings is 1. The number of carbonyl (C=O) groups is 1. The van der Waals surface area contributed by atoms with Gasteiger partial charge in [-0.1, -0.05) is 12.1 Å². The van der Waals surface area contributed by atoms with Gasteiger partial charge in [0.1, 0.15) is 5.82 Å². The topological polar surface area (TPSA) is 127 Å². The molecule has 1 aromatic heterocycles. The van der Waals surface area contributed by atoms with Gasteiger partial charge in [0.25, 0.3) is 5.69 Å². The monoisotopic (exact) mass is 273 g/mol. The molecule has 8 heteroatoms. The van der Waals surface area contributed by atoms with Gasteiger partial charge in [-0.05, 0) is 5.56 Å². The van der Waals surface area contributed by atoms with Crippen molar-refractivity contribution in [2.24, 2.45) is 0 Å². The lowest BCUT2D eigenvalue weighted by Gasteiger charge is -2.22. The third-order valence-corrected chi connectivity index (χ3v) is 3.34. The van der Waals surface area contributed by atoms with Gasteiger partial charge in [0.05, 0.1) is 4.92 Å². The first-order valence-electron chi connectivity index (χ1n) is 5.94. The molecule has 1 aliphatic rings. The lowest BCUT2D eigenvalue weighted by atomic mass is 9.87. The van der Waals surface area contributed by atoms with Crippen LogP contribution in [0.25, 0.3) is 0 Å². The zero-order chi connectivity index (χ0) is 14.3. The Hall–Kier alpha value is -2.90. The zero-order valence-electron chi connectivity index (χ0n) is 10.3. The first kappa shape index (κ1) is 12.2. The Bertz CT molecular complexity index is 692. The molecule has 3 rings (SSSR count). The van der Waals surface area contributed by atoms with E-state index in [0.29, 0.717) is 11.6 Å². The average molecular weight is 273 g/mol. The molecular formula is C12H11N5O3. The Labute approximate surface area is 113 Å². The predicted octanol–water partition coefficient (Wildman–Crippen LogP) is 1.37. The summed E-state index contributed by atoms with van der Waals surface area (Å²) >= 11 is 0. The van der Waals surface area contributed by atoms with Crippen LogP contribution >= 0.6 is 0 Å². The summed E-state index contributed by atoms with van der Waals surface area (Å²) in [6.07, 6.45) is 0.231. The lowest BCUT2D eigenvalue weighted by Crippen LogP contribution is -2.23. The van der Waals surface area contributed by atoms with Crippen molar-refractivity contribution in [3.63, 3.8) is 0 Å². The summed E-state index contributed by atoms with van der Waals surface area (Å²) in [7, 11) is 0. The Balaban J connectivity index is 2.03. The van der Waals surface area contributed by atoms with Crippen molar-refractivity contribution < 1.29 is 9.72 Å². The van der Waals surface area contributed by atoms with Crippen LogP contribution in [0.15, 0.2) is 24.3 Å². The van der Waals surface area contributed by atoms with E-state index in [2.05, 4.69) is 15.5 Å². The van der Waals surface area contributed by atoms with Gasteiger partial charge in [0.2, 0.25) is 5.91 Å². The first-order chi connectivity index (χ1) is 9.56. The van der Waals surface area contributed by atoms with Gasteiger partial charge in [0, 0.05) is 30.0 Å². The van der Waals surface area contributed by atoms with Crippen LogP contribution in [0.2, 0.25) is 0 Å². The second kappa shape index (κ2) is 4.34. The van der Waals surface area contributed by atoms with Gasteiger partial charge in [-0.15, -0.1) is 0 Å². The zero-order valence-corrected chi connectivity index (χ0v) is 10.3. The van der Waals surface area contributed by atoms with Crippen molar-refractivity contribution in [3.05, 3.63) is 45.5 Å². The standard InChI is InChI=1S/C12H11N5O3/c13-11-10-8(5-9(18)14-12(10)16-15-11)6-1-3-7(4-2-6)17(19)20/h1-4,8H,5H2,(H4,13,14,15,16,18). The highest BCUT2D eigenvalue weighted by Gasteiger charge is 2.31. The lowest BCUT2D eigenvalue weighted by molar-refractivity contribution is -0.384. The van der Waals surface area contributed by atoms with Crippen LogP contribution in [0, 0.1) is 10.1 Å². The fraction of sp³-hybridized carbons (Fsp3) is 0.167.